The summed E-state index contributed by atoms with van der Waals surface area (Å²) in [6.45, 7) is 8.56. The first-order chi connectivity index (χ1) is 19.9. The van der Waals surface area contributed by atoms with Crippen molar-refractivity contribution in [1.82, 2.24) is 20.0 Å². The Labute approximate surface area is 248 Å². The summed E-state index contributed by atoms with van der Waals surface area (Å²) in [4.78, 5) is 13.5. The molecule has 1 atom stereocenters. The maximum atomic E-state index is 13.1. The van der Waals surface area contributed by atoms with Crippen molar-refractivity contribution in [2.24, 2.45) is 0 Å². The number of rotatable bonds is 9. The summed E-state index contributed by atoms with van der Waals surface area (Å²) in [5.74, 6) is 2.18. The second-order valence-electron chi connectivity index (χ2n) is 11.1. The summed E-state index contributed by atoms with van der Waals surface area (Å²) in [5.41, 5.74) is 5.62. The summed E-state index contributed by atoms with van der Waals surface area (Å²) >= 11 is 6.67. The maximum absolute atomic E-state index is 13.1. The van der Waals surface area contributed by atoms with Crippen LogP contribution in [-0.2, 0) is 0 Å². The van der Waals surface area contributed by atoms with Crippen LogP contribution < -0.4 is 9.64 Å². The van der Waals surface area contributed by atoms with E-state index in [2.05, 4.69) is 10.1 Å². The fourth-order valence-electron chi connectivity index (χ4n) is 5.71. The highest BCUT2D eigenvalue weighted by molar-refractivity contribution is 6.33. The predicted molar refractivity (Wildman–Crippen MR) is 155 cm³/mol. The van der Waals surface area contributed by atoms with Gasteiger partial charge in [0, 0.05) is 37.3 Å². The molecule has 0 bridgehead atoms. The number of anilines is 1. The van der Waals surface area contributed by atoms with Gasteiger partial charge in [0.25, 0.3) is 0 Å². The van der Waals surface area contributed by atoms with Crippen LogP contribution >= 0.6 is 11.6 Å². The monoisotopic (exact) mass is 605 g/mol. The second kappa shape index (κ2) is 12.2. The van der Waals surface area contributed by atoms with Crippen molar-refractivity contribution >= 4 is 17.4 Å². The van der Waals surface area contributed by atoms with Crippen molar-refractivity contribution in [3.05, 3.63) is 51.4 Å². The van der Waals surface area contributed by atoms with E-state index < -0.39 is 18.8 Å². The van der Waals surface area contributed by atoms with Crippen molar-refractivity contribution in [3.63, 3.8) is 0 Å². The third-order valence-electron chi connectivity index (χ3n) is 7.74. The highest BCUT2D eigenvalue weighted by Crippen LogP contribution is 2.39. The Balaban J connectivity index is 1.51. The molecule has 1 N–H and O–H groups in total. The Morgan fingerprint density at radius 2 is 1.88 bits per heavy atom. The number of aromatic nitrogens is 3. The molecule has 2 aromatic heterocycles. The number of ether oxygens (including phenoxy) is 1. The number of aliphatic hydroxyl groups is 1. The Morgan fingerprint density at radius 1 is 1.12 bits per heavy atom. The van der Waals surface area contributed by atoms with Gasteiger partial charge >= 0.3 is 6.18 Å². The molecule has 12 heteroatoms. The van der Waals surface area contributed by atoms with Gasteiger partial charge in [0.15, 0.2) is 5.82 Å². The predicted octanol–water partition coefficient (Wildman–Crippen LogP) is 6.30. The van der Waals surface area contributed by atoms with E-state index in [1.54, 1.807) is 18.2 Å². The van der Waals surface area contributed by atoms with Gasteiger partial charge < -0.3 is 19.3 Å². The first-order valence-corrected chi connectivity index (χ1v) is 14.5. The molecule has 3 aromatic rings. The summed E-state index contributed by atoms with van der Waals surface area (Å²) < 4.78 is 50.6. The largest absolute Gasteiger partial charge is 0.491 e. The minimum atomic E-state index is -4.23. The molecule has 0 amide bonds. The van der Waals surface area contributed by atoms with E-state index in [9.17, 15) is 18.3 Å². The van der Waals surface area contributed by atoms with Gasteiger partial charge in [-0.25, -0.2) is 9.97 Å². The lowest BCUT2D eigenvalue weighted by atomic mass is 10.0. The van der Waals surface area contributed by atoms with Crippen molar-refractivity contribution < 1.29 is 27.5 Å². The van der Waals surface area contributed by atoms with Crippen LogP contribution in [0.1, 0.15) is 43.2 Å². The molecule has 2 aliphatic rings. The van der Waals surface area contributed by atoms with Gasteiger partial charge in [0.1, 0.15) is 23.9 Å². The molecule has 0 radical (unpaired) electrons. The van der Waals surface area contributed by atoms with Gasteiger partial charge in [0.05, 0.1) is 34.6 Å². The smallest absolute Gasteiger partial charge is 0.401 e. The number of aryl methyl sites for hydroxylation is 2. The summed E-state index contributed by atoms with van der Waals surface area (Å²) in [6, 6.07) is 5.21. The maximum Gasteiger partial charge on any atom is 0.401 e. The Bertz CT molecular complexity index is 1470. The van der Waals surface area contributed by atoms with Crippen LogP contribution in [0.15, 0.2) is 33.9 Å². The molecule has 0 saturated heterocycles. The number of nitrogens with zero attached hydrogens (tertiary/aromatic N) is 5. The van der Waals surface area contributed by atoms with Crippen LogP contribution in [0.2, 0.25) is 5.02 Å². The second-order valence-corrected chi connectivity index (χ2v) is 11.5. The highest BCUT2D eigenvalue weighted by atomic mass is 35.5. The fraction of sp³-hybridized carbons (Fsp3) is 0.500. The Kier molecular flexibility index (Phi) is 8.82. The van der Waals surface area contributed by atoms with Gasteiger partial charge in [-0.3, -0.25) is 4.90 Å². The van der Waals surface area contributed by atoms with Gasteiger partial charge in [0.2, 0.25) is 0 Å². The molecular weight excluding hydrogens is 571 g/mol. The van der Waals surface area contributed by atoms with Crippen molar-refractivity contribution in [2.75, 3.05) is 44.2 Å². The average Bonchev–Trinajstić information content (AvgIpc) is 3.49. The zero-order chi connectivity index (χ0) is 30.2. The lowest BCUT2D eigenvalue weighted by Crippen LogP contribution is -2.39. The quantitative estimate of drug-likeness (QED) is 0.284. The number of benzene rings is 1. The van der Waals surface area contributed by atoms with Crippen LogP contribution in [0.25, 0.3) is 22.6 Å². The molecule has 42 heavy (non-hydrogen) atoms. The summed E-state index contributed by atoms with van der Waals surface area (Å²) in [6.07, 6.45) is -2.75. The zero-order valence-electron chi connectivity index (χ0n) is 24.2. The number of alkyl halides is 3. The molecule has 0 fully saturated rings. The average molecular weight is 606 g/mol. The van der Waals surface area contributed by atoms with E-state index in [1.165, 1.54) is 4.90 Å². The van der Waals surface area contributed by atoms with Gasteiger partial charge in [-0.15, -0.1) is 0 Å². The number of hydrogen-bond acceptors (Lipinski definition) is 8. The first-order valence-electron chi connectivity index (χ1n) is 14.1. The molecule has 4 heterocycles. The minimum absolute atomic E-state index is 0.148. The van der Waals surface area contributed by atoms with Crippen LogP contribution in [0, 0.1) is 20.8 Å². The summed E-state index contributed by atoms with van der Waals surface area (Å²) in [5, 5.41) is 14.7. The van der Waals surface area contributed by atoms with E-state index in [4.69, 9.17) is 30.8 Å². The minimum Gasteiger partial charge on any atom is -0.491 e. The normalized spacial score (nSPS) is 16.7. The van der Waals surface area contributed by atoms with E-state index >= 15 is 0 Å². The first kappa shape index (κ1) is 30.3. The lowest BCUT2D eigenvalue weighted by molar-refractivity contribution is -0.145. The Morgan fingerprint density at radius 3 is 2.57 bits per heavy atom. The number of aliphatic hydroxyl groups excluding tert-OH is 1. The van der Waals surface area contributed by atoms with E-state index in [1.807, 2.05) is 27.7 Å². The molecule has 8 nitrogen and oxygen atoms in total. The van der Waals surface area contributed by atoms with Gasteiger partial charge in [-0.1, -0.05) is 30.1 Å². The van der Waals surface area contributed by atoms with Gasteiger partial charge in [-0.05, 0) is 63.0 Å². The molecule has 1 aromatic carbocycles. The third-order valence-corrected chi connectivity index (χ3v) is 8.07. The topological polar surface area (TPSA) is 87.7 Å². The van der Waals surface area contributed by atoms with Crippen molar-refractivity contribution in [2.45, 2.75) is 59.2 Å². The fourth-order valence-corrected chi connectivity index (χ4v) is 5.91. The van der Waals surface area contributed by atoms with Gasteiger partial charge in [-0.2, -0.15) is 13.2 Å². The van der Waals surface area contributed by atoms with E-state index in [-0.39, 0.29) is 13.2 Å². The highest BCUT2D eigenvalue weighted by Gasteiger charge is 2.35. The van der Waals surface area contributed by atoms with E-state index in [0.29, 0.717) is 77.6 Å². The molecule has 0 spiro atoms. The molecule has 5 rings (SSSR count). The molecule has 0 unspecified atom stereocenters. The SMILES string of the molecule is CCC[C@@H](O)COc1ccc(Cl)c(-c2nc(-c3c(C)noc3C)c(C)c(N3CC4=C(CN(CC(F)(F)F)CC4)C3)n2)c1. The van der Waals surface area contributed by atoms with E-state index in [0.717, 1.165) is 28.7 Å². The molecule has 0 aliphatic carbocycles. The Hall–Kier alpha value is -3.15. The number of hydrogen-bond donors (Lipinski definition) is 1. The van der Waals surface area contributed by atoms with Crippen molar-refractivity contribution in [1.29, 1.82) is 0 Å². The zero-order valence-corrected chi connectivity index (χ0v) is 24.9. The van der Waals surface area contributed by atoms with Crippen LogP contribution in [0.5, 0.6) is 5.75 Å². The molecule has 2 aliphatic heterocycles. The lowest BCUT2D eigenvalue weighted by Gasteiger charge is -2.28. The van der Waals surface area contributed by atoms with Crippen LogP contribution in [0.4, 0.5) is 19.0 Å². The standard InChI is InChI=1S/C30H35ClF3N5O3/c1-5-6-22(40)15-41-23-7-8-25(31)24(11-23)28-35-27(26-18(3)37-42-19(26)4)17(2)29(36-28)39-13-20-9-10-38(12-21(20)14-39)16-30(32,33)34/h7-8,11,22,40H,5-6,9-10,12-16H2,1-4H3/t22-/m1/s1. The van der Waals surface area contributed by atoms with Crippen LogP contribution in [-0.4, -0.2) is 76.7 Å². The molecule has 226 valence electrons. The molecule has 0 saturated carbocycles. The summed E-state index contributed by atoms with van der Waals surface area (Å²) in [7, 11) is 0. The molecular formula is C30H35ClF3N5O3. The van der Waals surface area contributed by atoms with Crippen molar-refractivity contribution in [3.8, 4) is 28.4 Å². The number of halogens is 4. The third kappa shape index (κ3) is 6.58. The van der Waals surface area contributed by atoms with Crippen LogP contribution in [0.3, 0.4) is 0 Å².